The first-order valence-electron chi connectivity index (χ1n) is 8.19. The lowest BCUT2D eigenvalue weighted by Gasteiger charge is -2.05. The van der Waals surface area contributed by atoms with E-state index in [0.717, 1.165) is 10.4 Å². The fourth-order valence-corrected chi connectivity index (χ4v) is 3.30. The van der Waals surface area contributed by atoms with Gasteiger partial charge >= 0.3 is 0 Å². The molecule has 0 bridgehead atoms. The molecule has 0 atom stereocenters. The number of aromatic amines is 1. The number of carbonyl (C=O) groups excluding carboxylic acids is 2. The summed E-state index contributed by atoms with van der Waals surface area (Å²) in [5, 5.41) is 19.3. The van der Waals surface area contributed by atoms with Gasteiger partial charge in [-0.05, 0) is 29.6 Å². The van der Waals surface area contributed by atoms with Crippen LogP contribution in [0.25, 0.3) is 10.9 Å². The lowest BCUT2D eigenvalue weighted by atomic mass is 10.1. The van der Waals surface area contributed by atoms with Gasteiger partial charge in [0.15, 0.2) is 5.82 Å². The molecule has 3 N–H and O–H groups in total. The molecule has 136 valence electrons. The van der Waals surface area contributed by atoms with E-state index in [4.69, 9.17) is 0 Å². The molecule has 2 amide bonds. The number of nitrogens with zero attached hydrogens (tertiary/aromatic N) is 3. The van der Waals surface area contributed by atoms with Crippen LogP contribution in [0.2, 0.25) is 0 Å². The van der Waals surface area contributed by atoms with Gasteiger partial charge in [-0.2, -0.15) is 10.2 Å². The summed E-state index contributed by atoms with van der Waals surface area (Å²) in [4.78, 5) is 25.8. The van der Waals surface area contributed by atoms with Gasteiger partial charge in [0.2, 0.25) is 0 Å². The summed E-state index contributed by atoms with van der Waals surface area (Å²) < 4.78 is 1.55. The standard InChI is InChI=1S/C18H16N6O2S/c1-24-10-12(8-20-24)18(26)21-16-14-7-11(4-5-15(14)22-23-16)17(25)19-9-13-3-2-6-27-13/h2-8,10H,9H2,1H3,(H,19,25)(H2,21,22,23,26). The minimum absolute atomic E-state index is 0.184. The van der Waals surface area contributed by atoms with Gasteiger partial charge in [-0.25, -0.2) is 0 Å². The molecule has 0 fully saturated rings. The van der Waals surface area contributed by atoms with E-state index in [1.54, 1.807) is 47.5 Å². The van der Waals surface area contributed by atoms with Crippen LogP contribution in [0.3, 0.4) is 0 Å². The maximum atomic E-state index is 12.4. The molecule has 0 aliphatic heterocycles. The quantitative estimate of drug-likeness (QED) is 0.495. The number of aryl methyl sites for hydroxylation is 1. The number of rotatable bonds is 5. The van der Waals surface area contributed by atoms with E-state index in [0.29, 0.717) is 28.9 Å². The van der Waals surface area contributed by atoms with Gasteiger partial charge in [0, 0.05) is 29.1 Å². The zero-order valence-corrected chi connectivity index (χ0v) is 15.2. The van der Waals surface area contributed by atoms with Crippen LogP contribution in [0.1, 0.15) is 25.6 Å². The fourth-order valence-electron chi connectivity index (χ4n) is 2.65. The zero-order valence-electron chi connectivity index (χ0n) is 14.4. The van der Waals surface area contributed by atoms with Crippen molar-refractivity contribution in [3.8, 4) is 0 Å². The van der Waals surface area contributed by atoms with E-state index in [1.165, 1.54) is 6.20 Å². The van der Waals surface area contributed by atoms with Crippen LogP contribution in [0.4, 0.5) is 5.82 Å². The summed E-state index contributed by atoms with van der Waals surface area (Å²) >= 11 is 1.59. The molecule has 8 nitrogen and oxygen atoms in total. The Morgan fingerprint density at radius 1 is 1.22 bits per heavy atom. The number of carbonyl (C=O) groups is 2. The second-order valence-electron chi connectivity index (χ2n) is 5.95. The molecule has 4 aromatic rings. The van der Waals surface area contributed by atoms with E-state index in [2.05, 4.69) is 25.9 Å². The van der Waals surface area contributed by atoms with Gasteiger partial charge in [0.05, 0.1) is 23.8 Å². The lowest BCUT2D eigenvalue weighted by Crippen LogP contribution is -2.22. The van der Waals surface area contributed by atoms with Crippen LogP contribution >= 0.6 is 11.3 Å². The van der Waals surface area contributed by atoms with Crippen molar-refractivity contribution in [3.63, 3.8) is 0 Å². The largest absolute Gasteiger partial charge is 0.347 e. The molecule has 0 saturated heterocycles. The Morgan fingerprint density at radius 3 is 2.85 bits per heavy atom. The number of aromatic nitrogens is 4. The number of amides is 2. The molecular weight excluding hydrogens is 364 g/mol. The number of benzene rings is 1. The van der Waals surface area contributed by atoms with Crippen LogP contribution < -0.4 is 10.6 Å². The van der Waals surface area contributed by atoms with Gasteiger partial charge in [-0.1, -0.05) is 6.07 Å². The number of fused-ring (bicyclic) bond motifs is 1. The van der Waals surface area contributed by atoms with Crippen LogP contribution in [-0.2, 0) is 13.6 Å². The minimum Gasteiger partial charge on any atom is -0.347 e. The van der Waals surface area contributed by atoms with Crippen molar-refractivity contribution >= 4 is 39.9 Å². The third-order valence-electron chi connectivity index (χ3n) is 4.03. The Labute approximate surface area is 158 Å². The average molecular weight is 380 g/mol. The summed E-state index contributed by atoms with van der Waals surface area (Å²) in [5.74, 6) is -0.133. The number of anilines is 1. The van der Waals surface area contributed by atoms with E-state index < -0.39 is 0 Å². The lowest BCUT2D eigenvalue weighted by molar-refractivity contribution is 0.0950. The normalized spacial score (nSPS) is 10.9. The highest BCUT2D eigenvalue weighted by Gasteiger charge is 2.14. The SMILES string of the molecule is Cn1cc(C(=O)Nc2n[nH]c3ccc(C(=O)NCc4cccs4)cc23)cn1. The highest BCUT2D eigenvalue weighted by molar-refractivity contribution is 7.09. The highest BCUT2D eigenvalue weighted by atomic mass is 32.1. The summed E-state index contributed by atoms with van der Waals surface area (Å²) in [6.07, 6.45) is 3.10. The molecule has 0 aliphatic rings. The smallest absolute Gasteiger partial charge is 0.260 e. The molecule has 0 spiro atoms. The second kappa shape index (κ2) is 7.04. The van der Waals surface area contributed by atoms with Gasteiger partial charge in [-0.3, -0.25) is 19.4 Å². The van der Waals surface area contributed by atoms with Crippen molar-refractivity contribution in [2.75, 3.05) is 5.32 Å². The molecule has 27 heavy (non-hydrogen) atoms. The van der Waals surface area contributed by atoms with Crippen molar-refractivity contribution in [3.05, 3.63) is 64.1 Å². The molecular formula is C18H16N6O2S. The van der Waals surface area contributed by atoms with Crippen LogP contribution in [0.5, 0.6) is 0 Å². The van der Waals surface area contributed by atoms with Gasteiger partial charge < -0.3 is 10.6 Å². The molecule has 1 aromatic carbocycles. The number of nitrogens with one attached hydrogen (secondary N) is 3. The number of H-pyrrole nitrogens is 1. The van der Waals surface area contributed by atoms with Gasteiger partial charge in [-0.15, -0.1) is 11.3 Å². The molecule has 0 aliphatic carbocycles. The predicted molar refractivity (Wildman–Crippen MR) is 103 cm³/mol. The molecule has 0 unspecified atom stereocenters. The highest BCUT2D eigenvalue weighted by Crippen LogP contribution is 2.22. The van der Waals surface area contributed by atoms with E-state index in [-0.39, 0.29) is 11.8 Å². The van der Waals surface area contributed by atoms with Crippen LogP contribution in [0, 0.1) is 0 Å². The molecule has 3 aromatic heterocycles. The Balaban J connectivity index is 1.53. The van der Waals surface area contributed by atoms with E-state index in [9.17, 15) is 9.59 Å². The second-order valence-corrected chi connectivity index (χ2v) is 6.98. The summed E-state index contributed by atoms with van der Waals surface area (Å²) in [7, 11) is 1.74. The van der Waals surface area contributed by atoms with Crippen molar-refractivity contribution in [2.24, 2.45) is 7.05 Å². The molecule has 4 rings (SSSR count). The first-order chi connectivity index (χ1) is 13.1. The fraction of sp³-hybridized carbons (Fsp3) is 0.111. The number of hydrogen-bond donors (Lipinski definition) is 3. The van der Waals surface area contributed by atoms with E-state index in [1.807, 2.05) is 17.5 Å². The minimum atomic E-state index is -0.316. The molecule has 0 saturated carbocycles. The Bertz CT molecular complexity index is 1110. The summed E-state index contributed by atoms with van der Waals surface area (Å²) in [6, 6.07) is 9.11. The van der Waals surface area contributed by atoms with Crippen molar-refractivity contribution in [1.29, 1.82) is 0 Å². The van der Waals surface area contributed by atoms with Crippen LogP contribution in [0.15, 0.2) is 48.1 Å². The maximum Gasteiger partial charge on any atom is 0.260 e. The Kier molecular flexibility index (Phi) is 4.43. The first-order valence-corrected chi connectivity index (χ1v) is 9.07. The molecule has 9 heteroatoms. The first kappa shape index (κ1) is 17.0. The zero-order chi connectivity index (χ0) is 18.8. The predicted octanol–water partition coefficient (Wildman–Crippen LogP) is 2.54. The topological polar surface area (TPSA) is 105 Å². The number of thiophene rings is 1. The summed E-state index contributed by atoms with van der Waals surface area (Å²) in [6.45, 7) is 0.477. The van der Waals surface area contributed by atoms with E-state index >= 15 is 0 Å². The number of hydrogen-bond acceptors (Lipinski definition) is 5. The van der Waals surface area contributed by atoms with Crippen molar-refractivity contribution in [2.45, 2.75) is 6.54 Å². The van der Waals surface area contributed by atoms with Crippen LogP contribution in [-0.4, -0.2) is 31.8 Å². The molecule has 0 radical (unpaired) electrons. The molecule has 3 heterocycles. The van der Waals surface area contributed by atoms with Crippen molar-refractivity contribution < 1.29 is 9.59 Å². The van der Waals surface area contributed by atoms with Gasteiger partial charge in [0.1, 0.15) is 0 Å². The third-order valence-corrected chi connectivity index (χ3v) is 4.90. The average Bonchev–Trinajstić information content (AvgIpc) is 3.41. The van der Waals surface area contributed by atoms with Gasteiger partial charge in [0.25, 0.3) is 11.8 Å². The summed E-state index contributed by atoms with van der Waals surface area (Å²) in [5.41, 5.74) is 1.65. The Morgan fingerprint density at radius 2 is 2.11 bits per heavy atom. The monoisotopic (exact) mass is 380 g/mol. The third kappa shape index (κ3) is 3.58. The maximum absolute atomic E-state index is 12.4. The Hall–Kier alpha value is -3.46. The van der Waals surface area contributed by atoms with Crippen molar-refractivity contribution in [1.82, 2.24) is 25.3 Å².